The van der Waals surface area contributed by atoms with E-state index in [4.69, 9.17) is 0 Å². The Morgan fingerprint density at radius 1 is 0.885 bits per heavy atom. The molecule has 26 heavy (non-hydrogen) atoms. The first kappa shape index (κ1) is 17.7. The van der Waals surface area contributed by atoms with Gasteiger partial charge in [-0.2, -0.15) is 0 Å². The molecular formula is C25H37P. The van der Waals surface area contributed by atoms with Gasteiger partial charge < -0.3 is 0 Å². The Kier molecular flexibility index (Phi) is 4.51. The van der Waals surface area contributed by atoms with Gasteiger partial charge in [0.15, 0.2) is 0 Å². The molecule has 142 valence electrons. The first-order valence-electron chi connectivity index (χ1n) is 11.6. The highest BCUT2D eigenvalue weighted by Gasteiger charge is 2.60. The predicted molar refractivity (Wildman–Crippen MR) is 115 cm³/mol. The minimum atomic E-state index is 0.585. The van der Waals surface area contributed by atoms with Crippen LogP contribution in [0.2, 0.25) is 0 Å². The van der Waals surface area contributed by atoms with Crippen molar-refractivity contribution in [2.75, 3.05) is 6.16 Å². The van der Waals surface area contributed by atoms with Gasteiger partial charge in [0.05, 0.1) is 0 Å². The highest BCUT2D eigenvalue weighted by Crippen LogP contribution is 2.72. The summed E-state index contributed by atoms with van der Waals surface area (Å²) in [7, 11) is 1.21. The van der Waals surface area contributed by atoms with Gasteiger partial charge in [0.2, 0.25) is 0 Å². The zero-order valence-corrected chi connectivity index (χ0v) is 17.9. The average Bonchev–Trinajstić information content (AvgIpc) is 3.29. The SMILES string of the molecule is CCC1(CC)CCPC2C1c1ccccc1C2C1(C2CCCC2)CCC1. The summed E-state index contributed by atoms with van der Waals surface area (Å²) in [6.45, 7) is 4.97. The van der Waals surface area contributed by atoms with Crippen LogP contribution in [0.25, 0.3) is 0 Å². The van der Waals surface area contributed by atoms with Crippen LogP contribution >= 0.6 is 8.58 Å². The first-order valence-corrected chi connectivity index (χ1v) is 12.9. The molecule has 4 aliphatic rings. The molecule has 0 amide bonds. The normalized spacial score (nSPS) is 35.8. The van der Waals surface area contributed by atoms with Crippen LogP contribution in [0.1, 0.15) is 101 Å². The van der Waals surface area contributed by atoms with E-state index in [9.17, 15) is 0 Å². The minimum Gasteiger partial charge on any atom is -0.118 e. The van der Waals surface area contributed by atoms with Gasteiger partial charge in [-0.05, 0) is 96.5 Å². The maximum Gasteiger partial charge on any atom is -0.00285 e. The zero-order valence-electron chi connectivity index (χ0n) is 16.9. The van der Waals surface area contributed by atoms with Crippen molar-refractivity contribution in [1.29, 1.82) is 0 Å². The monoisotopic (exact) mass is 368 g/mol. The van der Waals surface area contributed by atoms with Crippen LogP contribution in [0.5, 0.6) is 0 Å². The molecule has 1 heterocycles. The Balaban J connectivity index is 1.63. The molecular weight excluding hydrogens is 331 g/mol. The van der Waals surface area contributed by atoms with Crippen molar-refractivity contribution in [3.05, 3.63) is 35.4 Å². The molecule has 0 aromatic heterocycles. The zero-order chi connectivity index (χ0) is 17.8. The molecule has 4 unspecified atom stereocenters. The van der Waals surface area contributed by atoms with Gasteiger partial charge in [-0.25, -0.2) is 0 Å². The lowest BCUT2D eigenvalue weighted by atomic mass is 9.52. The van der Waals surface area contributed by atoms with E-state index in [2.05, 4.69) is 38.1 Å². The van der Waals surface area contributed by atoms with E-state index in [-0.39, 0.29) is 0 Å². The summed E-state index contributed by atoms with van der Waals surface area (Å²) >= 11 is 0. The molecule has 1 saturated heterocycles. The maximum absolute atomic E-state index is 2.56. The van der Waals surface area contributed by atoms with Crippen LogP contribution < -0.4 is 0 Å². The summed E-state index contributed by atoms with van der Waals surface area (Å²) in [5.74, 6) is 2.80. The van der Waals surface area contributed by atoms with Crippen molar-refractivity contribution < 1.29 is 0 Å². The number of benzene rings is 1. The van der Waals surface area contributed by atoms with E-state index >= 15 is 0 Å². The lowest BCUT2D eigenvalue weighted by Crippen LogP contribution is -2.47. The summed E-state index contributed by atoms with van der Waals surface area (Å²) in [5, 5.41) is 0. The molecule has 0 spiro atoms. The van der Waals surface area contributed by atoms with Crippen LogP contribution in [0.15, 0.2) is 24.3 Å². The van der Waals surface area contributed by atoms with Gasteiger partial charge in [0.1, 0.15) is 0 Å². The second-order valence-corrected chi connectivity index (χ2v) is 11.5. The van der Waals surface area contributed by atoms with Gasteiger partial charge in [-0.15, -0.1) is 8.58 Å². The number of hydrogen-bond acceptors (Lipinski definition) is 0. The molecule has 2 saturated carbocycles. The minimum absolute atomic E-state index is 0.585. The quantitative estimate of drug-likeness (QED) is 0.483. The van der Waals surface area contributed by atoms with E-state index in [1.165, 1.54) is 79.0 Å². The Bertz CT molecular complexity index is 648. The highest BCUT2D eigenvalue weighted by molar-refractivity contribution is 7.39. The van der Waals surface area contributed by atoms with Crippen molar-refractivity contribution in [2.45, 2.75) is 95.6 Å². The standard InChI is InChI=1S/C25H37P/c1-3-24(4-2)16-17-26-23-21(24)19-12-7-8-13-20(19)22(23)25(14-9-15-25)18-10-5-6-11-18/h7-8,12-13,18,21-23,26H,3-6,9-11,14-17H2,1-2H3. The summed E-state index contributed by atoms with van der Waals surface area (Å²) in [4.78, 5) is 0. The number of fused-ring (bicyclic) bond motifs is 3. The van der Waals surface area contributed by atoms with Crippen molar-refractivity contribution in [3.8, 4) is 0 Å². The topological polar surface area (TPSA) is 0 Å². The fraction of sp³-hybridized carbons (Fsp3) is 0.760. The van der Waals surface area contributed by atoms with Crippen molar-refractivity contribution in [1.82, 2.24) is 0 Å². The molecule has 5 rings (SSSR count). The summed E-state index contributed by atoms with van der Waals surface area (Å²) in [6.07, 6.45) is 16.4. The van der Waals surface area contributed by atoms with Gasteiger partial charge in [-0.3, -0.25) is 0 Å². The third-order valence-electron chi connectivity index (χ3n) is 9.53. The van der Waals surface area contributed by atoms with Crippen molar-refractivity contribution in [2.24, 2.45) is 16.7 Å². The molecule has 3 fully saturated rings. The fourth-order valence-corrected chi connectivity index (χ4v) is 10.5. The molecule has 1 aromatic carbocycles. The molecule has 0 bridgehead atoms. The molecule has 1 aliphatic heterocycles. The summed E-state index contributed by atoms with van der Waals surface area (Å²) < 4.78 is 0. The van der Waals surface area contributed by atoms with Crippen LogP contribution in [0.4, 0.5) is 0 Å². The third kappa shape index (κ3) is 2.30. The second kappa shape index (κ2) is 6.62. The van der Waals surface area contributed by atoms with E-state index < -0.39 is 0 Å². The summed E-state index contributed by atoms with van der Waals surface area (Å²) in [6, 6.07) is 9.81. The Morgan fingerprint density at radius 2 is 1.54 bits per heavy atom. The molecule has 0 nitrogen and oxygen atoms in total. The third-order valence-corrected chi connectivity index (χ3v) is 11.2. The molecule has 0 N–H and O–H groups in total. The predicted octanol–water partition coefficient (Wildman–Crippen LogP) is 7.49. The van der Waals surface area contributed by atoms with E-state index in [1.54, 1.807) is 5.56 Å². The van der Waals surface area contributed by atoms with E-state index in [0.717, 1.165) is 23.4 Å². The maximum atomic E-state index is 2.56. The van der Waals surface area contributed by atoms with E-state index in [0.29, 0.717) is 10.8 Å². The van der Waals surface area contributed by atoms with Gasteiger partial charge in [-0.1, -0.05) is 57.4 Å². The van der Waals surface area contributed by atoms with Crippen LogP contribution in [0, 0.1) is 16.7 Å². The largest absolute Gasteiger partial charge is 0.118 e. The molecule has 0 radical (unpaired) electrons. The van der Waals surface area contributed by atoms with Gasteiger partial charge in [0.25, 0.3) is 0 Å². The van der Waals surface area contributed by atoms with Gasteiger partial charge in [0, 0.05) is 0 Å². The summed E-state index contributed by atoms with van der Waals surface area (Å²) in [5.41, 5.74) is 5.85. The first-order chi connectivity index (χ1) is 12.8. The lowest BCUT2D eigenvalue weighted by molar-refractivity contribution is 0.0129. The Labute approximate surface area is 162 Å². The average molecular weight is 369 g/mol. The van der Waals surface area contributed by atoms with Crippen molar-refractivity contribution in [3.63, 3.8) is 0 Å². The molecule has 3 aliphatic carbocycles. The van der Waals surface area contributed by atoms with Gasteiger partial charge >= 0.3 is 0 Å². The Morgan fingerprint density at radius 3 is 2.12 bits per heavy atom. The van der Waals surface area contributed by atoms with E-state index in [1.807, 2.05) is 5.56 Å². The molecule has 1 heteroatoms. The smallest absolute Gasteiger partial charge is 0.00285 e. The molecule has 4 atom stereocenters. The van der Waals surface area contributed by atoms with Crippen LogP contribution in [-0.2, 0) is 0 Å². The lowest BCUT2D eigenvalue weighted by Gasteiger charge is -2.56. The highest BCUT2D eigenvalue weighted by atomic mass is 31.1. The van der Waals surface area contributed by atoms with Crippen LogP contribution in [-0.4, -0.2) is 11.8 Å². The number of hydrogen-bond donors (Lipinski definition) is 0. The van der Waals surface area contributed by atoms with Crippen LogP contribution in [0.3, 0.4) is 0 Å². The number of rotatable bonds is 4. The Hall–Kier alpha value is -0.350. The second-order valence-electron chi connectivity index (χ2n) is 9.95. The molecule has 1 aromatic rings. The fourth-order valence-electron chi connectivity index (χ4n) is 8.02. The van der Waals surface area contributed by atoms with Crippen molar-refractivity contribution >= 4 is 8.58 Å².